The molecule has 2 unspecified atom stereocenters. The maximum Gasteiger partial charge on any atom is 0.136 e. The molecule has 0 spiro atoms. The van der Waals surface area contributed by atoms with Gasteiger partial charge in [-0.1, -0.05) is 33.6 Å². The molecule has 0 saturated heterocycles. The van der Waals surface area contributed by atoms with Gasteiger partial charge in [-0.3, -0.25) is 4.79 Å². The zero-order valence-corrected chi connectivity index (χ0v) is 9.88. The van der Waals surface area contributed by atoms with E-state index in [9.17, 15) is 4.79 Å². The molecule has 0 aliphatic heterocycles. The van der Waals surface area contributed by atoms with E-state index in [0.29, 0.717) is 17.6 Å². The summed E-state index contributed by atoms with van der Waals surface area (Å²) >= 11 is 0. The highest BCUT2D eigenvalue weighted by Gasteiger charge is 2.27. The van der Waals surface area contributed by atoms with Crippen molar-refractivity contribution in [2.75, 3.05) is 0 Å². The lowest BCUT2D eigenvalue weighted by Gasteiger charge is -2.14. The van der Waals surface area contributed by atoms with Crippen LogP contribution in [0.2, 0.25) is 0 Å². The zero-order valence-electron chi connectivity index (χ0n) is 9.88. The third kappa shape index (κ3) is 3.11. The summed E-state index contributed by atoms with van der Waals surface area (Å²) in [6.45, 7) is 6.65. The van der Waals surface area contributed by atoms with Gasteiger partial charge in [0.2, 0.25) is 0 Å². The van der Waals surface area contributed by atoms with Crippen LogP contribution in [0.15, 0.2) is 0 Å². The highest BCUT2D eigenvalue weighted by molar-refractivity contribution is 5.81. The van der Waals surface area contributed by atoms with Gasteiger partial charge >= 0.3 is 0 Å². The molecule has 1 nitrogen and oxygen atoms in total. The molecule has 1 heteroatoms. The predicted octanol–water partition coefficient (Wildman–Crippen LogP) is 3.82. The summed E-state index contributed by atoms with van der Waals surface area (Å²) in [7, 11) is 0. The second kappa shape index (κ2) is 5.53. The van der Waals surface area contributed by atoms with Gasteiger partial charge in [-0.2, -0.15) is 0 Å². The molecule has 1 fully saturated rings. The lowest BCUT2D eigenvalue weighted by molar-refractivity contribution is -0.123. The van der Waals surface area contributed by atoms with E-state index in [2.05, 4.69) is 20.8 Å². The molecule has 1 saturated carbocycles. The first-order valence-corrected chi connectivity index (χ1v) is 6.20. The highest BCUT2D eigenvalue weighted by Crippen LogP contribution is 2.32. The summed E-state index contributed by atoms with van der Waals surface area (Å²) in [6.07, 6.45) is 6.72. The molecule has 2 atom stereocenters. The Morgan fingerprint density at radius 2 is 1.93 bits per heavy atom. The van der Waals surface area contributed by atoms with Crippen molar-refractivity contribution < 1.29 is 4.79 Å². The largest absolute Gasteiger partial charge is 0.299 e. The molecule has 0 aromatic rings. The van der Waals surface area contributed by atoms with Crippen molar-refractivity contribution in [2.24, 2.45) is 17.8 Å². The van der Waals surface area contributed by atoms with Crippen molar-refractivity contribution >= 4 is 5.78 Å². The summed E-state index contributed by atoms with van der Waals surface area (Å²) in [5, 5.41) is 0. The minimum Gasteiger partial charge on any atom is -0.299 e. The molecule has 0 radical (unpaired) electrons. The van der Waals surface area contributed by atoms with Crippen LogP contribution in [0.5, 0.6) is 0 Å². The van der Waals surface area contributed by atoms with Crippen molar-refractivity contribution in [1.29, 1.82) is 0 Å². The van der Waals surface area contributed by atoms with Gasteiger partial charge in [0.25, 0.3) is 0 Å². The fourth-order valence-corrected chi connectivity index (χ4v) is 2.53. The first-order chi connectivity index (χ1) is 6.67. The van der Waals surface area contributed by atoms with Gasteiger partial charge in [0.05, 0.1) is 0 Å². The van der Waals surface area contributed by atoms with E-state index in [4.69, 9.17) is 0 Å². The fraction of sp³-hybridized carbons (Fsp3) is 0.923. The molecule has 1 rings (SSSR count). The smallest absolute Gasteiger partial charge is 0.136 e. The van der Waals surface area contributed by atoms with E-state index >= 15 is 0 Å². The van der Waals surface area contributed by atoms with Gasteiger partial charge < -0.3 is 0 Å². The van der Waals surface area contributed by atoms with Crippen molar-refractivity contribution in [3.05, 3.63) is 0 Å². The van der Waals surface area contributed by atoms with Crippen molar-refractivity contribution in [1.82, 2.24) is 0 Å². The maximum atomic E-state index is 11.9. The molecule has 1 aliphatic rings. The van der Waals surface area contributed by atoms with Gasteiger partial charge in [-0.25, -0.2) is 0 Å². The molecular formula is C13H24O. The van der Waals surface area contributed by atoms with Gasteiger partial charge in [0, 0.05) is 12.3 Å². The van der Waals surface area contributed by atoms with Crippen LogP contribution in [0.3, 0.4) is 0 Å². The van der Waals surface area contributed by atoms with Gasteiger partial charge in [-0.05, 0) is 31.1 Å². The van der Waals surface area contributed by atoms with Crippen LogP contribution in [-0.4, -0.2) is 5.78 Å². The molecule has 14 heavy (non-hydrogen) atoms. The van der Waals surface area contributed by atoms with Crippen LogP contribution in [0.25, 0.3) is 0 Å². The van der Waals surface area contributed by atoms with Gasteiger partial charge in [0.1, 0.15) is 5.78 Å². The standard InChI is InChI=1S/C13H24O/c1-4-11(5-2)9-13(14)12-7-6-10(3)8-12/h10-12H,4-9H2,1-3H3. The Labute approximate surface area is 88.3 Å². The van der Waals surface area contributed by atoms with Gasteiger partial charge in [0.15, 0.2) is 0 Å². The van der Waals surface area contributed by atoms with Crippen LogP contribution in [-0.2, 0) is 4.79 Å². The quantitative estimate of drug-likeness (QED) is 0.653. The monoisotopic (exact) mass is 196 g/mol. The molecule has 0 aromatic carbocycles. The normalized spacial score (nSPS) is 27.1. The molecule has 1 aliphatic carbocycles. The Morgan fingerprint density at radius 3 is 2.36 bits per heavy atom. The average Bonchev–Trinajstić information content (AvgIpc) is 2.61. The van der Waals surface area contributed by atoms with E-state index < -0.39 is 0 Å². The maximum absolute atomic E-state index is 11.9. The summed E-state index contributed by atoms with van der Waals surface area (Å²) in [5.41, 5.74) is 0. The van der Waals surface area contributed by atoms with Crippen molar-refractivity contribution in [3.63, 3.8) is 0 Å². The Morgan fingerprint density at radius 1 is 1.29 bits per heavy atom. The van der Waals surface area contributed by atoms with Crippen molar-refractivity contribution in [3.8, 4) is 0 Å². The van der Waals surface area contributed by atoms with Crippen LogP contribution < -0.4 is 0 Å². The summed E-state index contributed by atoms with van der Waals surface area (Å²) < 4.78 is 0. The highest BCUT2D eigenvalue weighted by atomic mass is 16.1. The van der Waals surface area contributed by atoms with E-state index in [-0.39, 0.29) is 0 Å². The molecule has 82 valence electrons. The Bertz CT molecular complexity index is 182. The molecule has 0 bridgehead atoms. The Kier molecular flexibility index (Phi) is 4.64. The molecule has 0 aromatic heterocycles. The topological polar surface area (TPSA) is 17.1 Å². The first kappa shape index (κ1) is 11.7. The SMILES string of the molecule is CCC(CC)CC(=O)C1CCC(C)C1. The van der Waals surface area contributed by atoms with Gasteiger partial charge in [-0.15, -0.1) is 0 Å². The van der Waals surface area contributed by atoms with Crippen LogP contribution in [0.4, 0.5) is 0 Å². The number of rotatable bonds is 5. The zero-order chi connectivity index (χ0) is 10.6. The summed E-state index contributed by atoms with van der Waals surface area (Å²) in [6, 6.07) is 0. The first-order valence-electron chi connectivity index (χ1n) is 6.20. The number of Topliss-reactive ketones (excluding diaryl/α,β-unsaturated/α-hetero) is 1. The fourth-order valence-electron chi connectivity index (χ4n) is 2.53. The minimum absolute atomic E-state index is 0.408. The van der Waals surface area contributed by atoms with Crippen LogP contribution in [0, 0.1) is 17.8 Å². The molecule has 0 heterocycles. The summed E-state index contributed by atoms with van der Waals surface area (Å²) in [4.78, 5) is 11.9. The Balaban J connectivity index is 2.34. The third-order valence-electron chi connectivity index (χ3n) is 3.79. The Hall–Kier alpha value is -0.330. The number of carbonyl (C=O) groups is 1. The van der Waals surface area contributed by atoms with Crippen LogP contribution >= 0.6 is 0 Å². The van der Waals surface area contributed by atoms with Crippen molar-refractivity contribution in [2.45, 2.75) is 59.3 Å². The van der Waals surface area contributed by atoms with Crippen LogP contribution in [0.1, 0.15) is 59.3 Å². The minimum atomic E-state index is 0.408. The number of hydrogen-bond acceptors (Lipinski definition) is 1. The number of ketones is 1. The lowest BCUT2D eigenvalue weighted by Crippen LogP contribution is -2.15. The van der Waals surface area contributed by atoms with E-state index in [1.165, 1.54) is 6.42 Å². The van der Waals surface area contributed by atoms with E-state index in [0.717, 1.165) is 38.0 Å². The van der Waals surface area contributed by atoms with E-state index in [1.807, 2.05) is 0 Å². The third-order valence-corrected chi connectivity index (χ3v) is 3.79. The molecule has 0 amide bonds. The summed E-state index contributed by atoms with van der Waals surface area (Å²) in [5.74, 6) is 2.37. The number of carbonyl (C=O) groups excluding carboxylic acids is 1. The predicted molar refractivity (Wildman–Crippen MR) is 60.2 cm³/mol. The number of hydrogen-bond donors (Lipinski definition) is 0. The lowest BCUT2D eigenvalue weighted by atomic mass is 9.90. The van der Waals surface area contributed by atoms with E-state index in [1.54, 1.807) is 0 Å². The molecular weight excluding hydrogens is 172 g/mol. The second-order valence-corrected chi connectivity index (χ2v) is 4.97. The second-order valence-electron chi connectivity index (χ2n) is 4.97. The molecule has 0 N–H and O–H groups in total. The average molecular weight is 196 g/mol.